The van der Waals surface area contributed by atoms with Gasteiger partial charge in [0.2, 0.25) is 11.0 Å². The number of anilines is 1. The summed E-state index contributed by atoms with van der Waals surface area (Å²) in [6, 6.07) is 0.839. The Labute approximate surface area is 396 Å². The van der Waals surface area contributed by atoms with E-state index in [-0.39, 0.29) is 56.7 Å². The summed E-state index contributed by atoms with van der Waals surface area (Å²) in [7, 11) is -4.16. The van der Waals surface area contributed by atoms with Gasteiger partial charge in [-0.1, -0.05) is 5.21 Å². The van der Waals surface area contributed by atoms with Crippen LogP contribution in [0.4, 0.5) is 19.0 Å². The topological polar surface area (TPSA) is 266 Å². The number of aromatic nitrogens is 7. The number of fused-ring (bicyclic) bond motifs is 1. The van der Waals surface area contributed by atoms with Gasteiger partial charge in [0.25, 0.3) is 0 Å². The minimum Gasteiger partial charge on any atom is -0.420 e. The van der Waals surface area contributed by atoms with Crippen molar-refractivity contribution in [2.45, 2.75) is 44.7 Å². The third-order valence-electron chi connectivity index (χ3n) is 9.14. The fourth-order valence-corrected chi connectivity index (χ4v) is 7.71. The van der Waals surface area contributed by atoms with Crippen LogP contribution >= 0.6 is 28.4 Å². The van der Waals surface area contributed by atoms with Crippen LogP contribution in [0.2, 0.25) is 5.28 Å². The SMILES string of the molecule is O=C(CCOCCOCCOCCOCCn1cc(COCCOCCOCCOCCNc2nc(Cl)nc3c2cnn3C2CCC(COP(O)CP(O)O)O2)nn1)Oc1c(F)cc(F)cc1F. The Morgan fingerprint density at radius 3 is 2.06 bits per heavy atom. The summed E-state index contributed by atoms with van der Waals surface area (Å²) in [5.41, 5.74) is 1.18. The fraction of sp³-hybridized carbons (Fsp3) is 0.641. The minimum atomic E-state index is -2.23. The zero-order chi connectivity index (χ0) is 48.4. The van der Waals surface area contributed by atoms with Crippen LogP contribution in [0, 0.1) is 17.5 Å². The Bertz CT molecular complexity index is 2050. The molecule has 1 saturated heterocycles. The third kappa shape index (κ3) is 20.9. The molecule has 4 N–H and O–H groups in total. The summed E-state index contributed by atoms with van der Waals surface area (Å²) in [6.07, 6.45) is 3.74. The Kier molecular flexibility index (Phi) is 25.9. The molecule has 0 radical (unpaired) electrons. The van der Waals surface area contributed by atoms with E-state index in [4.69, 9.17) is 68.5 Å². The molecule has 23 nitrogen and oxygen atoms in total. The van der Waals surface area contributed by atoms with Gasteiger partial charge in [0.15, 0.2) is 40.3 Å². The van der Waals surface area contributed by atoms with Crippen molar-refractivity contribution in [2.75, 3.05) is 123 Å². The van der Waals surface area contributed by atoms with E-state index in [2.05, 4.69) is 35.4 Å². The molecular formula is C39H56ClF3N8O15P2. The third-order valence-corrected chi connectivity index (χ3v) is 11.7. The van der Waals surface area contributed by atoms with Gasteiger partial charge in [-0.15, -0.1) is 5.10 Å². The molecule has 29 heteroatoms. The number of halogens is 4. The van der Waals surface area contributed by atoms with Crippen molar-refractivity contribution in [3.8, 4) is 5.75 Å². The van der Waals surface area contributed by atoms with Crippen LogP contribution in [0.3, 0.4) is 0 Å². The zero-order valence-electron chi connectivity index (χ0n) is 37.0. The highest BCUT2D eigenvalue weighted by Gasteiger charge is 2.30. The number of esters is 1. The van der Waals surface area contributed by atoms with Gasteiger partial charge in [-0.2, -0.15) is 15.1 Å². The van der Waals surface area contributed by atoms with Gasteiger partial charge >= 0.3 is 5.97 Å². The number of carbonyl (C=O) groups excluding carboxylic acids is 1. The van der Waals surface area contributed by atoms with Crippen molar-refractivity contribution in [3.05, 3.63) is 53.0 Å². The second-order valence-electron chi connectivity index (χ2n) is 14.3. The summed E-state index contributed by atoms with van der Waals surface area (Å²) >= 11 is 6.23. The lowest BCUT2D eigenvalue weighted by atomic mass is 10.2. The van der Waals surface area contributed by atoms with Gasteiger partial charge in [-0.25, -0.2) is 22.5 Å². The predicted octanol–water partition coefficient (Wildman–Crippen LogP) is 3.48. The lowest BCUT2D eigenvalue weighted by Crippen LogP contribution is -2.17. The molecule has 5 rings (SSSR count). The lowest BCUT2D eigenvalue weighted by Gasteiger charge is -2.17. The summed E-state index contributed by atoms with van der Waals surface area (Å²) in [5.74, 6) is -5.30. The highest BCUT2D eigenvalue weighted by atomic mass is 35.5. The average molecular weight is 1030 g/mol. The maximum atomic E-state index is 13.6. The molecule has 0 spiro atoms. The normalized spacial score (nSPS) is 15.5. The molecule has 3 aromatic heterocycles. The summed E-state index contributed by atoms with van der Waals surface area (Å²) < 4.78 is 103. The van der Waals surface area contributed by atoms with Crippen LogP contribution in [-0.2, 0) is 65.1 Å². The Hall–Kier alpha value is -3.40. The average Bonchev–Trinajstić information content (AvgIpc) is 4.07. The quantitative estimate of drug-likeness (QED) is 0.0166. The molecule has 4 heterocycles. The first-order valence-electron chi connectivity index (χ1n) is 21.5. The van der Waals surface area contributed by atoms with Gasteiger partial charge in [0, 0.05) is 18.7 Å². The fourth-order valence-electron chi connectivity index (χ4n) is 6.01. The molecule has 1 aliphatic rings. The monoisotopic (exact) mass is 1030 g/mol. The van der Waals surface area contributed by atoms with E-state index in [0.29, 0.717) is 140 Å². The molecule has 3 atom stereocenters. The molecule has 0 aliphatic carbocycles. The van der Waals surface area contributed by atoms with Gasteiger partial charge < -0.3 is 71.9 Å². The molecule has 1 fully saturated rings. The van der Waals surface area contributed by atoms with E-state index in [1.54, 1.807) is 21.8 Å². The number of carbonyl (C=O) groups is 1. The Balaban J connectivity index is 0.768. The highest BCUT2D eigenvalue weighted by Crippen LogP contribution is 2.44. The van der Waals surface area contributed by atoms with Gasteiger partial charge in [-0.3, -0.25) is 4.79 Å². The standard InChI is InChI=1S/C39H56ClF3N8O15P2/c40-39-46-37(31-23-45-51(38(31)47-39)34-2-1-30(65-34)26-64-68(55)27-67(53)54)44-4-7-57-10-13-60-17-18-62-19-20-63-25-29-24-50(49-48-29)5-8-58-11-14-61-16-15-59-12-9-56-6-3-35(52)66-36-32(42)21-28(41)22-33(36)43/h21-24,30,34,53-55H,1-20,25-27H2,(H,44,46,47). The first-order valence-corrected chi connectivity index (χ1v) is 24.7. The summed E-state index contributed by atoms with van der Waals surface area (Å²) in [6.45, 7) is 6.27. The second kappa shape index (κ2) is 31.7. The first-order chi connectivity index (χ1) is 33.0. The van der Waals surface area contributed by atoms with Gasteiger partial charge in [0.05, 0.1) is 155 Å². The van der Waals surface area contributed by atoms with Crippen molar-refractivity contribution in [1.29, 1.82) is 0 Å². The Morgan fingerprint density at radius 2 is 1.41 bits per heavy atom. The molecule has 68 heavy (non-hydrogen) atoms. The van der Waals surface area contributed by atoms with E-state index in [1.165, 1.54) is 0 Å². The van der Waals surface area contributed by atoms with Crippen LogP contribution in [-0.4, -0.2) is 180 Å². The molecule has 0 bridgehead atoms. The number of ether oxygens (including phenoxy) is 10. The summed E-state index contributed by atoms with van der Waals surface area (Å²) in [4.78, 5) is 48.3. The van der Waals surface area contributed by atoms with Crippen LogP contribution in [0.25, 0.3) is 11.0 Å². The maximum Gasteiger partial charge on any atom is 0.313 e. The lowest BCUT2D eigenvalue weighted by molar-refractivity contribution is -0.136. The number of nitrogens with one attached hydrogen (secondary N) is 1. The van der Waals surface area contributed by atoms with Crippen molar-refractivity contribution in [2.24, 2.45) is 0 Å². The smallest absolute Gasteiger partial charge is 0.313 e. The molecule has 1 aromatic carbocycles. The van der Waals surface area contributed by atoms with Gasteiger partial charge in [0.1, 0.15) is 17.3 Å². The van der Waals surface area contributed by atoms with E-state index < -0.39 is 52.1 Å². The van der Waals surface area contributed by atoms with Crippen LogP contribution < -0.4 is 10.1 Å². The predicted molar refractivity (Wildman–Crippen MR) is 235 cm³/mol. The number of rotatable bonds is 37. The molecule has 1 aliphatic heterocycles. The molecule has 4 aromatic rings. The van der Waals surface area contributed by atoms with Crippen molar-refractivity contribution >= 4 is 51.2 Å². The van der Waals surface area contributed by atoms with Crippen LogP contribution in [0.1, 0.15) is 31.2 Å². The van der Waals surface area contributed by atoms with E-state index in [9.17, 15) is 22.9 Å². The second-order valence-corrected chi connectivity index (χ2v) is 17.5. The van der Waals surface area contributed by atoms with E-state index >= 15 is 0 Å². The number of nitrogens with zero attached hydrogens (tertiary/aromatic N) is 7. The number of hydrogen-bond acceptors (Lipinski definition) is 21. The maximum absolute atomic E-state index is 13.6. The number of hydrogen-bond donors (Lipinski definition) is 4. The minimum absolute atomic E-state index is 0.0431. The first kappa shape index (κ1) is 55.5. The molecule has 3 unspecified atom stereocenters. The zero-order valence-corrected chi connectivity index (χ0v) is 39.5. The van der Waals surface area contributed by atoms with Crippen molar-refractivity contribution < 1.29 is 84.5 Å². The largest absolute Gasteiger partial charge is 0.420 e. The Morgan fingerprint density at radius 1 is 0.809 bits per heavy atom. The van der Waals surface area contributed by atoms with Crippen molar-refractivity contribution in [1.82, 2.24) is 34.7 Å². The molecule has 0 amide bonds. The molecule has 0 saturated carbocycles. The number of benzene rings is 1. The van der Waals surface area contributed by atoms with Crippen LogP contribution in [0.5, 0.6) is 5.75 Å². The van der Waals surface area contributed by atoms with E-state index in [0.717, 1.165) is 0 Å². The highest BCUT2D eigenvalue weighted by molar-refractivity contribution is 7.63. The van der Waals surface area contributed by atoms with Gasteiger partial charge in [-0.05, 0) is 24.4 Å². The molecular weight excluding hydrogens is 975 g/mol. The molecule has 380 valence electrons. The van der Waals surface area contributed by atoms with Crippen LogP contribution in [0.15, 0.2) is 24.5 Å². The summed E-state index contributed by atoms with van der Waals surface area (Å²) in [5, 5.41) is 16.5. The van der Waals surface area contributed by atoms with Crippen molar-refractivity contribution in [3.63, 3.8) is 0 Å². The van der Waals surface area contributed by atoms with E-state index in [1.807, 2.05) is 0 Å².